The molecule has 1 N–H and O–H groups in total. The highest BCUT2D eigenvalue weighted by molar-refractivity contribution is 5.80. The van der Waals surface area contributed by atoms with Crippen molar-refractivity contribution in [1.29, 1.82) is 0 Å². The number of fused-ring (bicyclic) bond motifs is 2. The molecule has 25 heavy (non-hydrogen) atoms. The highest BCUT2D eigenvalue weighted by atomic mass is 16.6. The summed E-state index contributed by atoms with van der Waals surface area (Å²) in [4.78, 5) is 12.5. The standard InChI is InChI=1S/C18H17N3O4/c1-23-14-4-3-12-7-13(10-24-17(12)8-14)18(22)19-9-11-2-5-15-16(6-11)21-25-20-15/h2-6,8,13H,7,9-10H2,1H3,(H,19,22)/t13-/m0/s1. The third-order valence-electron chi connectivity index (χ3n) is 4.34. The molecule has 128 valence electrons. The number of nitrogens with one attached hydrogen (secondary N) is 1. The van der Waals surface area contributed by atoms with E-state index in [-0.39, 0.29) is 11.8 Å². The Kier molecular flexibility index (Phi) is 3.97. The van der Waals surface area contributed by atoms with Crippen LogP contribution in [-0.2, 0) is 17.8 Å². The summed E-state index contributed by atoms with van der Waals surface area (Å²) < 4.78 is 15.6. The van der Waals surface area contributed by atoms with Gasteiger partial charge in [-0.3, -0.25) is 4.79 Å². The summed E-state index contributed by atoms with van der Waals surface area (Å²) in [6, 6.07) is 11.2. The lowest BCUT2D eigenvalue weighted by Crippen LogP contribution is -2.37. The first-order chi connectivity index (χ1) is 12.2. The van der Waals surface area contributed by atoms with Gasteiger partial charge in [0.2, 0.25) is 5.91 Å². The Morgan fingerprint density at radius 3 is 3.00 bits per heavy atom. The molecular formula is C18H17N3O4. The molecule has 0 saturated carbocycles. The van der Waals surface area contributed by atoms with Gasteiger partial charge in [-0.25, -0.2) is 4.63 Å². The van der Waals surface area contributed by atoms with Gasteiger partial charge in [-0.05, 0) is 46.1 Å². The van der Waals surface area contributed by atoms with Gasteiger partial charge in [-0.2, -0.15) is 0 Å². The number of methoxy groups -OCH3 is 1. The van der Waals surface area contributed by atoms with E-state index in [4.69, 9.17) is 9.47 Å². The predicted octanol–water partition coefficient (Wildman–Crippen LogP) is 2.10. The van der Waals surface area contributed by atoms with Crippen molar-refractivity contribution in [3.05, 3.63) is 47.5 Å². The topological polar surface area (TPSA) is 86.5 Å². The number of rotatable bonds is 4. The summed E-state index contributed by atoms with van der Waals surface area (Å²) in [6.07, 6.45) is 0.650. The molecule has 1 aliphatic heterocycles. The zero-order chi connectivity index (χ0) is 17.2. The Balaban J connectivity index is 1.39. The Labute approximate surface area is 143 Å². The average Bonchev–Trinajstić information content (AvgIpc) is 3.13. The SMILES string of the molecule is COc1ccc2c(c1)OC[C@@H](C(=O)NCc1ccc3nonc3c1)C2. The molecule has 7 nitrogen and oxygen atoms in total. The highest BCUT2D eigenvalue weighted by Crippen LogP contribution is 2.31. The van der Waals surface area contributed by atoms with E-state index in [1.165, 1.54) is 0 Å². The van der Waals surface area contributed by atoms with Gasteiger partial charge in [-0.1, -0.05) is 12.1 Å². The molecule has 0 bridgehead atoms. The number of hydrogen-bond acceptors (Lipinski definition) is 6. The number of benzene rings is 2. The third kappa shape index (κ3) is 3.13. The molecule has 3 aromatic rings. The molecule has 2 heterocycles. The van der Waals surface area contributed by atoms with Crippen molar-refractivity contribution in [2.24, 2.45) is 5.92 Å². The minimum atomic E-state index is -0.210. The fourth-order valence-corrected chi connectivity index (χ4v) is 2.92. The molecule has 1 aromatic heterocycles. The first kappa shape index (κ1) is 15.4. The smallest absolute Gasteiger partial charge is 0.227 e. The Morgan fingerprint density at radius 2 is 2.12 bits per heavy atom. The van der Waals surface area contributed by atoms with Crippen molar-refractivity contribution in [2.75, 3.05) is 13.7 Å². The Hall–Kier alpha value is -3.09. The zero-order valence-electron chi connectivity index (χ0n) is 13.7. The van der Waals surface area contributed by atoms with E-state index in [9.17, 15) is 4.79 Å². The van der Waals surface area contributed by atoms with Crippen LogP contribution in [0.15, 0.2) is 41.0 Å². The number of aromatic nitrogens is 2. The van der Waals surface area contributed by atoms with Crippen LogP contribution >= 0.6 is 0 Å². The van der Waals surface area contributed by atoms with E-state index in [0.717, 1.165) is 22.6 Å². The lowest BCUT2D eigenvalue weighted by Gasteiger charge is -2.25. The van der Waals surface area contributed by atoms with Crippen LogP contribution in [0.2, 0.25) is 0 Å². The fraction of sp³-hybridized carbons (Fsp3) is 0.278. The molecule has 0 unspecified atom stereocenters. The van der Waals surface area contributed by atoms with Gasteiger partial charge in [0.25, 0.3) is 0 Å². The van der Waals surface area contributed by atoms with Crippen molar-refractivity contribution < 1.29 is 18.9 Å². The molecule has 4 rings (SSSR count). The van der Waals surface area contributed by atoms with Crippen molar-refractivity contribution in [1.82, 2.24) is 15.6 Å². The maximum absolute atomic E-state index is 12.5. The molecule has 2 aromatic carbocycles. The van der Waals surface area contributed by atoms with Gasteiger partial charge >= 0.3 is 0 Å². The number of carbonyl (C=O) groups is 1. The molecule has 1 aliphatic rings. The number of amides is 1. The maximum atomic E-state index is 12.5. The first-order valence-electron chi connectivity index (χ1n) is 8.01. The van der Waals surface area contributed by atoms with E-state index >= 15 is 0 Å². The van der Waals surface area contributed by atoms with Crippen LogP contribution < -0.4 is 14.8 Å². The maximum Gasteiger partial charge on any atom is 0.227 e. The molecule has 1 atom stereocenters. The van der Waals surface area contributed by atoms with Crippen molar-refractivity contribution in [3.63, 3.8) is 0 Å². The molecule has 0 aliphatic carbocycles. The average molecular weight is 339 g/mol. The van der Waals surface area contributed by atoms with E-state index in [2.05, 4.69) is 20.3 Å². The Morgan fingerprint density at radius 1 is 1.24 bits per heavy atom. The van der Waals surface area contributed by atoms with Gasteiger partial charge in [0.15, 0.2) is 0 Å². The highest BCUT2D eigenvalue weighted by Gasteiger charge is 2.26. The van der Waals surface area contributed by atoms with Crippen LogP contribution in [0.1, 0.15) is 11.1 Å². The minimum absolute atomic E-state index is 0.0279. The second-order valence-electron chi connectivity index (χ2n) is 5.99. The van der Waals surface area contributed by atoms with Gasteiger partial charge in [0.05, 0.1) is 13.0 Å². The van der Waals surface area contributed by atoms with Crippen molar-refractivity contribution in [2.45, 2.75) is 13.0 Å². The van der Waals surface area contributed by atoms with Crippen molar-refractivity contribution >= 4 is 16.9 Å². The number of nitrogens with zero attached hydrogens (tertiary/aromatic N) is 2. The first-order valence-corrected chi connectivity index (χ1v) is 8.01. The quantitative estimate of drug-likeness (QED) is 0.783. The zero-order valence-corrected chi connectivity index (χ0v) is 13.7. The molecular weight excluding hydrogens is 322 g/mol. The van der Waals surface area contributed by atoms with Crippen LogP contribution in [0.3, 0.4) is 0 Å². The van der Waals surface area contributed by atoms with E-state index < -0.39 is 0 Å². The van der Waals surface area contributed by atoms with Gasteiger partial charge in [0, 0.05) is 12.6 Å². The van der Waals surface area contributed by atoms with Gasteiger partial charge in [0.1, 0.15) is 29.1 Å². The number of ether oxygens (including phenoxy) is 2. The second kappa shape index (κ2) is 6.43. The van der Waals surface area contributed by atoms with Crippen LogP contribution in [0.5, 0.6) is 11.5 Å². The van der Waals surface area contributed by atoms with E-state index in [1.807, 2.05) is 36.4 Å². The van der Waals surface area contributed by atoms with Crippen LogP contribution in [0, 0.1) is 5.92 Å². The lowest BCUT2D eigenvalue weighted by molar-refractivity contribution is -0.126. The number of hydrogen-bond donors (Lipinski definition) is 1. The molecule has 7 heteroatoms. The van der Waals surface area contributed by atoms with E-state index in [1.54, 1.807) is 7.11 Å². The second-order valence-corrected chi connectivity index (χ2v) is 5.99. The normalized spacial score (nSPS) is 16.1. The monoisotopic (exact) mass is 339 g/mol. The number of carbonyl (C=O) groups excluding carboxylic acids is 1. The Bertz CT molecular complexity index is 922. The molecule has 1 amide bonds. The summed E-state index contributed by atoms with van der Waals surface area (Å²) in [5, 5.41) is 10.5. The minimum Gasteiger partial charge on any atom is -0.497 e. The summed E-state index contributed by atoms with van der Waals surface area (Å²) >= 11 is 0. The molecule has 0 fully saturated rings. The molecule has 0 saturated heterocycles. The van der Waals surface area contributed by atoms with Crippen LogP contribution in [0.25, 0.3) is 11.0 Å². The van der Waals surface area contributed by atoms with Gasteiger partial charge in [-0.15, -0.1) is 0 Å². The van der Waals surface area contributed by atoms with Crippen LogP contribution in [0.4, 0.5) is 0 Å². The predicted molar refractivity (Wildman–Crippen MR) is 89.3 cm³/mol. The van der Waals surface area contributed by atoms with Crippen LogP contribution in [-0.4, -0.2) is 29.9 Å². The lowest BCUT2D eigenvalue weighted by atomic mass is 9.96. The van der Waals surface area contributed by atoms with E-state index in [0.29, 0.717) is 30.6 Å². The van der Waals surface area contributed by atoms with Gasteiger partial charge < -0.3 is 14.8 Å². The fourth-order valence-electron chi connectivity index (χ4n) is 2.92. The molecule has 0 spiro atoms. The summed E-state index contributed by atoms with van der Waals surface area (Å²) in [7, 11) is 1.62. The third-order valence-corrected chi connectivity index (χ3v) is 4.34. The molecule has 0 radical (unpaired) electrons. The largest absolute Gasteiger partial charge is 0.497 e. The summed E-state index contributed by atoms with van der Waals surface area (Å²) in [5.41, 5.74) is 3.33. The summed E-state index contributed by atoms with van der Waals surface area (Å²) in [5.74, 6) is 1.30. The summed E-state index contributed by atoms with van der Waals surface area (Å²) in [6.45, 7) is 0.784. The van der Waals surface area contributed by atoms with Crippen molar-refractivity contribution in [3.8, 4) is 11.5 Å².